The molecule has 2 rings (SSSR count). The summed E-state index contributed by atoms with van der Waals surface area (Å²) in [7, 11) is 0. The molecular weight excluding hydrogens is 236 g/mol. The molecule has 2 heteroatoms. The van der Waals surface area contributed by atoms with E-state index in [1.54, 1.807) is 13.8 Å². The standard InChI is InChI=1S/C17H16O2/c1-17(2,16(18)19)12-6-10-14-9-5-8-13-7-3-4-11-15(13)14/h3-5,7-9,11H,12H2,1-2H3,(H,18,19). The normalized spacial score (nSPS) is 10.8. The van der Waals surface area contributed by atoms with E-state index in [0.717, 1.165) is 16.3 Å². The highest BCUT2D eigenvalue weighted by molar-refractivity contribution is 5.88. The van der Waals surface area contributed by atoms with Gasteiger partial charge in [-0.05, 0) is 30.7 Å². The van der Waals surface area contributed by atoms with Crippen LogP contribution in [0.1, 0.15) is 25.8 Å². The number of carboxylic acid groups (broad SMARTS) is 1. The van der Waals surface area contributed by atoms with Gasteiger partial charge in [0.25, 0.3) is 0 Å². The van der Waals surface area contributed by atoms with Crippen molar-refractivity contribution in [1.29, 1.82) is 0 Å². The molecule has 0 radical (unpaired) electrons. The molecular formula is C17H16O2. The van der Waals surface area contributed by atoms with Crippen molar-refractivity contribution < 1.29 is 9.90 Å². The predicted octanol–water partition coefficient (Wildman–Crippen LogP) is 3.69. The Morgan fingerprint density at radius 2 is 1.84 bits per heavy atom. The van der Waals surface area contributed by atoms with E-state index < -0.39 is 11.4 Å². The molecule has 96 valence electrons. The van der Waals surface area contributed by atoms with Crippen LogP contribution in [-0.2, 0) is 4.79 Å². The molecule has 0 bridgehead atoms. The highest BCUT2D eigenvalue weighted by Crippen LogP contribution is 2.20. The van der Waals surface area contributed by atoms with Crippen molar-refractivity contribution in [3.05, 3.63) is 48.0 Å². The van der Waals surface area contributed by atoms with Crippen LogP contribution in [0.5, 0.6) is 0 Å². The van der Waals surface area contributed by atoms with Crippen LogP contribution in [-0.4, -0.2) is 11.1 Å². The van der Waals surface area contributed by atoms with Crippen LogP contribution in [0.2, 0.25) is 0 Å². The van der Waals surface area contributed by atoms with Gasteiger partial charge in [-0.1, -0.05) is 48.2 Å². The number of aliphatic carboxylic acids is 1. The average Bonchev–Trinajstić information content (AvgIpc) is 2.38. The van der Waals surface area contributed by atoms with Crippen LogP contribution in [0.25, 0.3) is 10.8 Å². The van der Waals surface area contributed by atoms with Gasteiger partial charge < -0.3 is 5.11 Å². The second kappa shape index (κ2) is 5.16. The summed E-state index contributed by atoms with van der Waals surface area (Å²) in [5, 5.41) is 11.3. The fraction of sp³-hybridized carbons (Fsp3) is 0.235. The molecule has 0 saturated heterocycles. The summed E-state index contributed by atoms with van der Waals surface area (Å²) < 4.78 is 0. The van der Waals surface area contributed by atoms with Crippen molar-refractivity contribution in [1.82, 2.24) is 0 Å². The van der Waals surface area contributed by atoms with Crippen molar-refractivity contribution >= 4 is 16.7 Å². The zero-order valence-electron chi connectivity index (χ0n) is 11.1. The average molecular weight is 252 g/mol. The first-order valence-corrected chi connectivity index (χ1v) is 6.21. The lowest BCUT2D eigenvalue weighted by atomic mass is 9.90. The molecule has 2 aromatic rings. The Kier molecular flexibility index (Phi) is 3.57. The second-order valence-electron chi connectivity index (χ2n) is 5.19. The van der Waals surface area contributed by atoms with Gasteiger partial charge in [-0.25, -0.2) is 0 Å². The lowest BCUT2D eigenvalue weighted by Crippen LogP contribution is -2.22. The van der Waals surface area contributed by atoms with Gasteiger partial charge in [-0.3, -0.25) is 4.79 Å². The van der Waals surface area contributed by atoms with Gasteiger partial charge in [0.05, 0.1) is 5.41 Å². The molecule has 0 heterocycles. The molecule has 0 spiro atoms. The molecule has 0 amide bonds. The molecule has 2 aromatic carbocycles. The second-order valence-corrected chi connectivity index (χ2v) is 5.19. The topological polar surface area (TPSA) is 37.3 Å². The Labute approximate surface area is 113 Å². The molecule has 0 aliphatic rings. The minimum absolute atomic E-state index is 0.339. The molecule has 0 unspecified atom stereocenters. The maximum atomic E-state index is 11.0. The number of carboxylic acids is 1. The van der Waals surface area contributed by atoms with Gasteiger partial charge in [0.1, 0.15) is 0 Å². The quantitative estimate of drug-likeness (QED) is 0.828. The summed E-state index contributed by atoms with van der Waals surface area (Å²) in [5.41, 5.74) is 0.136. The van der Waals surface area contributed by atoms with E-state index in [4.69, 9.17) is 5.11 Å². The third kappa shape index (κ3) is 2.95. The fourth-order valence-corrected chi connectivity index (χ4v) is 1.77. The van der Waals surface area contributed by atoms with E-state index in [1.165, 1.54) is 0 Å². The monoisotopic (exact) mass is 252 g/mol. The van der Waals surface area contributed by atoms with Gasteiger partial charge in [-0.2, -0.15) is 0 Å². The Bertz CT molecular complexity index is 667. The third-order valence-corrected chi connectivity index (χ3v) is 3.12. The lowest BCUT2D eigenvalue weighted by molar-refractivity contribution is -0.146. The number of fused-ring (bicyclic) bond motifs is 1. The Morgan fingerprint density at radius 3 is 2.58 bits per heavy atom. The van der Waals surface area contributed by atoms with E-state index >= 15 is 0 Å². The lowest BCUT2D eigenvalue weighted by Gasteiger charge is -2.14. The van der Waals surface area contributed by atoms with Crippen LogP contribution in [0.3, 0.4) is 0 Å². The summed E-state index contributed by atoms with van der Waals surface area (Å²) in [6.07, 6.45) is 0.339. The van der Waals surface area contributed by atoms with Crippen molar-refractivity contribution in [2.75, 3.05) is 0 Å². The van der Waals surface area contributed by atoms with Gasteiger partial charge >= 0.3 is 5.97 Å². The first-order chi connectivity index (χ1) is 9.00. The summed E-state index contributed by atoms with van der Waals surface area (Å²) in [6, 6.07) is 14.0. The number of rotatable bonds is 2. The zero-order valence-corrected chi connectivity index (χ0v) is 11.1. The van der Waals surface area contributed by atoms with Crippen molar-refractivity contribution in [3.8, 4) is 11.8 Å². The van der Waals surface area contributed by atoms with E-state index in [9.17, 15) is 4.79 Å². The zero-order chi connectivity index (χ0) is 13.9. The first-order valence-electron chi connectivity index (χ1n) is 6.21. The minimum atomic E-state index is -0.820. The van der Waals surface area contributed by atoms with Crippen molar-refractivity contribution in [2.45, 2.75) is 20.3 Å². The molecule has 1 N–H and O–H groups in total. The van der Waals surface area contributed by atoms with Crippen LogP contribution in [0.4, 0.5) is 0 Å². The van der Waals surface area contributed by atoms with Gasteiger partial charge in [-0.15, -0.1) is 0 Å². The highest BCUT2D eigenvalue weighted by Gasteiger charge is 2.25. The van der Waals surface area contributed by atoms with Crippen molar-refractivity contribution in [3.63, 3.8) is 0 Å². The summed E-state index contributed by atoms with van der Waals surface area (Å²) in [6.45, 7) is 3.38. The van der Waals surface area contributed by atoms with Crippen molar-refractivity contribution in [2.24, 2.45) is 5.41 Å². The number of benzene rings is 2. The Hall–Kier alpha value is -2.27. The molecule has 0 aliphatic heterocycles. The Morgan fingerprint density at radius 1 is 1.16 bits per heavy atom. The van der Waals surface area contributed by atoms with Gasteiger partial charge in [0, 0.05) is 12.0 Å². The SMILES string of the molecule is CC(C)(CC#Cc1cccc2ccccc12)C(=O)O. The molecule has 2 nitrogen and oxygen atoms in total. The first kappa shape index (κ1) is 13.2. The minimum Gasteiger partial charge on any atom is -0.481 e. The van der Waals surface area contributed by atoms with Crippen LogP contribution in [0.15, 0.2) is 42.5 Å². The summed E-state index contributed by atoms with van der Waals surface area (Å²) >= 11 is 0. The molecule has 0 aliphatic carbocycles. The van der Waals surface area contributed by atoms with Gasteiger partial charge in [0.15, 0.2) is 0 Å². The summed E-state index contributed by atoms with van der Waals surface area (Å²) in [4.78, 5) is 11.0. The molecule has 0 saturated carbocycles. The van der Waals surface area contributed by atoms with Crippen LogP contribution >= 0.6 is 0 Å². The fourth-order valence-electron chi connectivity index (χ4n) is 1.77. The van der Waals surface area contributed by atoms with Crippen LogP contribution in [0, 0.1) is 17.3 Å². The van der Waals surface area contributed by atoms with Gasteiger partial charge in [0.2, 0.25) is 0 Å². The summed E-state index contributed by atoms with van der Waals surface area (Å²) in [5.74, 6) is 5.25. The molecule has 0 atom stereocenters. The highest BCUT2D eigenvalue weighted by atomic mass is 16.4. The van der Waals surface area contributed by atoms with E-state index in [1.807, 2.05) is 42.5 Å². The molecule has 19 heavy (non-hydrogen) atoms. The predicted molar refractivity (Wildman–Crippen MR) is 76.9 cm³/mol. The maximum absolute atomic E-state index is 11.0. The number of hydrogen-bond donors (Lipinski definition) is 1. The number of hydrogen-bond acceptors (Lipinski definition) is 1. The van der Waals surface area contributed by atoms with E-state index in [2.05, 4.69) is 11.8 Å². The Balaban J connectivity index is 2.31. The smallest absolute Gasteiger partial charge is 0.310 e. The van der Waals surface area contributed by atoms with E-state index in [-0.39, 0.29) is 0 Å². The molecule has 0 fully saturated rings. The third-order valence-electron chi connectivity index (χ3n) is 3.12. The van der Waals surface area contributed by atoms with E-state index in [0.29, 0.717) is 6.42 Å². The van der Waals surface area contributed by atoms with Crippen LogP contribution < -0.4 is 0 Å². The maximum Gasteiger partial charge on any atom is 0.310 e. The number of carbonyl (C=O) groups is 1. The molecule has 0 aromatic heterocycles. The largest absolute Gasteiger partial charge is 0.481 e.